The lowest BCUT2D eigenvalue weighted by Gasteiger charge is -2.36. The second kappa shape index (κ2) is 9.40. The van der Waals surface area contributed by atoms with Gasteiger partial charge in [-0.3, -0.25) is 0 Å². The van der Waals surface area contributed by atoms with Crippen molar-refractivity contribution in [3.8, 4) is 0 Å². The Labute approximate surface area is 179 Å². The fraction of sp³-hybridized carbons (Fsp3) is 0.773. The molecule has 150 valence electrons. The molecule has 0 amide bonds. The van der Waals surface area contributed by atoms with Gasteiger partial charge in [0.2, 0.25) is 0 Å². The molecule has 0 spiro atoms. The predicted molar refractivity (Wildman–Crippen MR) is 122 cm³/mol. The Bertz CT molecular complexity index is 568. The van der Waals surface area contributed by atoms with Crippen LogP contribution in [-0.4, -0.2) is 58.8 Å². The standard InChI is InChI=1S/C22H35IN4/c1-18-4-12-26(13-5-18)22-3-2-21(16-24-22)20-8-10-25(11-9-20)17-19-6-14-27(23)15-7-19/h2-3,16,18-20H,4-15,17H2,1H3. The fourth-order valence-corrected chi connectivity index (χ4v) is 5.52. The molecule has 3 aliphatic heterocycles. The van der Waals surface area contributed by atoms with E-state index in [9.17, 15) is 0 Å². The second-order valence-electron chi connectivity index (χ2n) is 9.05. The van der Waals surface area contributed by atoms with E-state index in [0.29, 0.717) is 5.92 Å². The highest BCUT2D eigenvalue weighted by Gasteiger charge is 2.25. The van der Waals surface area contributed by atoms with Crippen LogP contribution in [0.4, 0.5) is 5.82 Å². The van der Waals surface area contributed by atoms with Gasteiger partial charge >= 0.3 is 0 Å². The van der Waals surface area contributed by atoms with Gasteiger partial charge in [0, 0.05) is 61.8 Å². The molecule has 27 heavy (non-hydrogen) atoms. The number of hydrogen-bond acceptors (Lipinski definition) is 4. The van der Waals surface area contributed by atoms with E-state index in [2.05, 4.69) is 61.0 Å². The Kier molecular flexibility index (Phi) is 6.93. The summed E-state index contributed by atoms with van der Waals surface area (Å²) in [4.78, 5) is 10.0. The molecule has 0 aliphatic carbocycles. The van der Waals surface area contributed by atoms with Crippen molar-refractivity contribution in [2.45, 2.75) is 51.4 Å². The molecular weight excluding hydrogens is 447 g/mol. The average Bonchev–Trinajstić information content (AvgIpc) is 2.71. The molecule has 1 aromatic rings. The Morgan fingerprint density at radius 3 is 2.26 bits per heavy atom. The number of aromatic nitrogens is 1. The molecule has 5 heteroatoms. The van der Waals surface area contributed by atoms with Crippen molar-refractivity contribution in [3.63, 3.8) is 0 Å². The highest BCUT2D eigenvalue weighted by atomic mass is 127. The molecule has 4 heterocycles. The maximum Gasteiger partial charge on any atom is 0.128 e. The summed E-state index contributed by atoms with van der Waals surface area (Å²) in [6, 6.07) is 4.63. The van der Waals surface area contributed by atoms with Crippen LogP contribution in [0.5, 0.6) is 0 Å². The van der Waals surface area contributed by atoms with Gasteiger partial charge in [0.25, 0.3) is 0 Å². The third-order valence-corrected chi connectivity index (χ3v) is 7.98. The maximum absolute atomic E-state index is 4.83. The van der Waals surface area contributed by atoms with Crippen LogP contribution in [0.2, 0.25) is 0 Å². The molecule has 0 bridgehead atoms. The number of nitrogens with zero attached hydrogens (tertiary/aromatic N) is 4. The minimum absolute atomic E-state index is 0.709. The lowest BCUT2D eigenvalue weighted by Crippen LogP contribution is -2.39. The van der Waals surface area contributed by atoms with Gasteiger partial charge in [0.15, 0.2) is 0 Å². The summed E-state index contributed by atoms with van der Waals surface area (Å²) in [5.74, 6) is 3.69. The van der Waals surface area contributed by atoms with Crippen LogP contribution >= 0.6 is 22.9 Å². The summed E-state index contributed by atoms with van der Waals surface area (Å²) in [5.41, 5.74) is 1.46. The van der Waals surface area contributed by atoms with Gasteiger partial charge in [-0.05, 0) is 81.0 Å². The van der Waals surface area contributed by atoms with Crippen molar-refractivity contribution in [2.24, 2.45) is 11.8 Å². The van der Waals surface area contributed by atoms with Crippen LogP contribution in [0.3, 0.4) is 0 Å². The third-order valence-electron chi connectivity index (χ3n) is 7.01. The van der Waals surface area contributed by atoms with Crippen LogP contribution in [0, 0.1) is 11.8 Å². The largest absolute Gasteiger partial charge is 0.357 e. The number of piperidine rings is 3. The minimum atomic E-state index is 0.709. The van der Waals surface area contributed by atoms with E-state index in [1.807, 2.05) is 0 Å². The molecule has 3 saturated heterocycles. The number of pyridine rings is 1. The monoisotopic (exact) mass is 482 g/mol. The first-order valence-corrected chi connectivity index (χ1v) is 12.0. The maximum atomic E-state index is 4.83. The van der Waals surface area contributed by atoms with Gasteiger partial charge in [0.1, 0.15) is 5.82 Å². The smallest absolute Gasteiger partial charge is 0.128 e. The van der Waals surface area contributed by atoms with Crippen molar-refractivity contribution < 1.29 is 0 Å². The zero-order chi connectivity index (χ0) is 18.6. The van der Waals surface area contributed by atoms with E-state index < -0.39 is 0 Å². The molecule has 0 radical (unpaired) electrons. The van der Waals surface area contributed by atoms with E-state index in [0.717, 1.165) is 11.8 Å². The number of hydrogen-bond donors (Lipinski definition) is 0. The summed E-state index contributed by atoms with van der Waals surface area (Å²) >= 11 is 2.47. The van der Waals surface area contributed by atoms with Crippen LogP contribution in [0.15, 0.2) is 18.3 Å². The molecule has 0 unspecified atom stereocenters. The summed E-state index contributed by atoms with van der Waals surface area (Å²) in [7, 11) is 0. The highest BCUT2D eigenvalue weighted by molar-refractivity contribution is 14.1. The quantitative estimate of drug-likeness (QED) is 0.464. The van der Waals surface area contributed by atoms with Crippen molar-refractivity contribution >= 4 is 28.7 Å². The lowest BCUT2D eigenvalue weighted by molar-refractivity contribution is 0.158. The first-order chi connectivity index (χ1) is 13.2. The summed E-state index contributed by atoms with van der Waals surface area (Å²) < 4.78 is 2.45. The zero-order valence-corrected chi connectivity index (χ0v) is 19.0. The van der Waals surface area contributed by atoms with E-state index in [-0.39, 0.29) is 0 Å². The molecule has 4 nitrogen and oxygen atoms in total. The lowest BCUT2D eigenvalue weighted by atomic mass is 9.89. The van der Waals surface area contributed by atoms with Gasteiger partial charge in [-0.15, -0.1) is 0 Å². The van der Waals surface area contributed by atoms with Crippen LogP contribution < -0.4 is 4.90 Å². The van der Waals surface area contributed by atoms with Crippen LogP contribution in [-0.2, 0) is 0 Å². The van der Waals surface area contributed by atoms with Gasteiger partial charge in [-0.2, -0.15) is 0 Å². The normalized spacial score (nSPS) is 25.2. The molecule has 0 atom stereocenters. The summed E-state index contributed by atoms with van der Waals surface area (Å²) in [6.45, 7) is 11.1. The first kappa shape index (κ1) is 19.9. The van der Waals surface area contributed by atoms with E-state index >= 15 is 0 Å². The van der Waals surface area contributed by atoms with Crippen LogP contribution in [0.1, 0.15) is 56.9 Å². The Hall–Kier alpha value is -0.400. The van der Waals surface area contributed by atoms with E-state index in [4.69, 9.17) is 4.98 Å². The second-order valence-corrected chi connectivity index (χ2v) is 10.4. The molecule has 1 aromatic heterocycles. The fourth-order valence-electron chi connectivity index (χ4n) is 4.96. The number of anilines is 1. The average molecular weight is 482 g/mol. The summed E-state index contributed by atoms with van der Waals surface area (Å²) in [6.07, 6.45) is 10.1. The number of rotatable bonds is 4. The molecular formula is C22H35IN4. The molecule has 0 aromatic carbocycles. The van der Waals surface area contributed by atoms with Crippen molar-refractivity contribution in [2.75, 3.05) is 50.7 Å². The molecule has 4 rings (SSSR count). The molecule has 3 fully saturated rings. The van der Waals surface area contributed by atoms with E-state index in [1.54, 1.807) is 0 Å². The van der Waals surface area contributed by atoms with Gasteiger partial charge in [-0.1, -0.05) is 13.0 Å². The van der Waals surface area contributed by atoms with Crippen molar-refractivity contribution in [1.29, 1.82) is 0 Å². The zero-order valence-electron chi connectivity index (χ0n) is 16.8. The minimum Gasteiger partial charge on any atom is -0.357 e. The third kappa shape index (κ3) is 5.36. The Morgan fingerprint density at radius 2 is 1.63 bits per heavy atom. The molecule has 0 N–H and O–H groups in total. The highest BCUT2D eigenvalue weighted by Crippen LogP contribution is 2.30. The summed E-state index contributed by atoms with van der Waals surface area (Å²) in [5, 5.41) is 0. The Balaban J connectivity index is 1.24. The Morgan fingerprint density at radius 1 is 0.926 bits per heavy atom. The SMILES string of the molecule is CC1CCN(c2ccc(C3CCN(CC4CCN(I)CC4)CC3)cn2)CC1. The molecule has 3 aliphatic rings. The molecule has 0 saturated carbocycles. The van der Waals surface area contributed by atoms with Gasteiger partial charge in [0.05, 0.1) is 0 Å². The predicted octanol–water partition coefficient (Wildman–Crippen LogP) is 4.56. The van der Waals surface area contributed by atoms with Crippen molar-refractivity contribution in [1.82, 2.24) is 13.0 Å². The number of halogens is 1. The number of likely N-dealkylation sites (tertiary alicyclic amines) is 1. The van der Waals surface area contributed by atoms with Crippen molar-refractivity contribution in [3.05, 3.63) is 23.9 Å². The first-order valence-electron chi connectivity index (χ1n) is 11.0. The van der Waals surface area contributed by atoms with E-state index in [1.165, 1.54) is 95.7 Å². The van der Waals surface area contributed by atoms with Crippen LogP contribution in [0.25, 0.3) is 0 Å². The van der Waals surface area contributed by atoms with Gasteiger partial charge in [-0.25, -0.2) is 8.10 Å². The topological polar surface area (TPSA) is 22.6 Å². The van der Waals surface area contributed by atoms with Gasteiger partial charge < -0.3 is 9.80 Å².